The van der Waals surface area contributed by atoms with Crippen molar-refractivity contribution in [2.24, 2.45) is 0 Å². The minimum absolute atomic E-state index is 0.212. The Kier molecular flexibility index (Phi) is 5.56. The monoisotopic (exact) mass is 525 g/mol. The molecule has 0 atom stereocenters. The van der Waals surface area contributed by atoms with E-state index in [2.05, 4.69) is 15.8 Å². The average molecular weight is 526 g/mol. The quantitative estimate of drug-likeness (QED) is 0.237. The van der Waals surface area contributed by atoms with E-state index in [-0.39, 0.29) is 5.91 Å². The van der Waals surface area contributed by atoms with Crippen molar-refractivity contribution in [2.75, 3.05) is 5.32 Å². The summed E-state index contributed by atoms with van der Waals surface area (Å²) in [4.78, 5) is 19.3. The molecule has 7 heteroatoms. The number of fused-ring (bicyclic) bond motifs is 5. The smallest absolute Gasteiger partial charge is 0.248 e. The summed E-state index contributed by atoms with van der Waals surface area (Å²) >= 11 is 1.62. The predicted octanol–water partition coefficient (Wildman–Crippen LogP) is 7.52. The molecule has 0 saturated carbocycles. The number of nitrogens with zero attached hydrogens (tertiary/aromatic N) is 4. The van der Waals surface area contributed by atoms with Crippen LogP contribution in [-0.4, -0.2) is 25.1 Å². The Labute approximate surface area is 228 Å². The van der Waals surface area contributed by atoms with Crippen LogP contribution in [0.3, 0.4) is 0 Å². The molecule has 0 unspecified atom stereocenters. The fraction of sp³-hybridized carbons (Fsp3) is 0.0312. The maximum Gasteiger partial charge on any atom is 0.248 e. The standard InChI is InChI=1S/C32H23N5OS/c1-21-33-26-14-7-5-12-24(26)32-31(25-13-6-8-15-27(25)37(21)32)34-29(38)18-17-22-20-36(23-10-3-2-4-11-23)35-30(22)28-16-9-19-39-28/h2-20H,1H3,(H,34,38)/b18-17+. The largest absolute Gasteiger partial charge is 0.320 e. The fourth-order valence-corrected chi connectivity index (χ4v) is 5.84. The van der Waals surface area contributed by atoms with Gasteiger partial charge in [0.25, 0.3) is 0 Å². The third kappa shape index (κ3) is 4.00. The first-order valence-electron chi connectivity index (χ1n) is 12.6. The Morgan fingerprint density at radius 3 is 2.49 bits per heavy atom. The summed E-state index contributed by atoms with van der Waals surface area (Å²) in [6.45, 7) is 1.99. The summed E-state index contributed by atoms with van der Waals surface area (Å²) in [5, 5.41) is 12.0. The molecule has 4 heterocycles. The molecule has 1 N–H and O–H groups in total. The highest BCUT2D eigenvalue weighted by Gasteiger charge is 2.18. The molecule has 1 amide bonds. The molecular formula is C32H23N5OS. The first-order chi connectivity index (χ1) is 19.2. The maximum atomic E-state index is 13.4. The number of para-hydroxylation sites is 3. The average Bonchev–Trinajstić information content (AvgIpc) is 3.71. The van der Waals surface area contributed by atoms with E-state index in [1.165, 1.54) is 0 Å². The third-order valence-electron chi connectivity index (χ3n) is 6.82. The minimum Gasteiger partial charge on any atom is -0.320 e. The van der Waals surface area contributed by atoms with Gasteiger partial charge in [-0.1, -0.05) is 60.7 Å². The molecule has 188 valence electrons. The van der Waals surface area contributed by atoms with Gasteiger partial charge < -0.3 is 5.32 Å². The van der Waals surface area contributed by atoms with Gasteiger partial charge in [0.1, 0.15) is 11.5 Å². The van der Waals surface area contributed by atoms with Crippen molar-refractivity contribution in [3.8, 4) is 16.3 Å². The third-order valence-corrected chi connectivity index (χ3v) is 7.70. The molecule has 7 rings (SSSR count). The van der Waals surface area contributed by atoms with Gasteiger partial charge in [0.2, 0.25) is 5.91 Å². The molecule has 0 spiro atoms. The highest BCUT2D eigenvalue weighted by atomic mass is 32.1. The normalized spacial score (nSPS) is 11.7. The number of aromatic nitrogens is 4. The second-order valence-electron chi connectivity index (χ2n) is 9.27. The SMILES string of the molecule is Cc1nc2ccccc2c2c(NC(=O)/C=C/c3cn(-c4ccccc4)nc3-c3cccs3)c3ccccc3n12. The van der Waals surface area contributed by atoms with Crippen LogP contribution in [0.1, 0.15) is 11.4 Å². The zero-order chi connectivity index (χ0) is 26.3. The molecule has 0 bridgehead atoms. The lowest BCUT2D eigenvalue weighted by atomic mass is 10.1. The number of amides is 1. The molecule has 0 saturated heterocycles. The van der Waals surface area contributed by atoms with Gasteiger partial charge in [-0.3, -0.25) is 9.20 Å². The van der Waals surface area contributed by atoms with Crippen molar-refractivity contribution in [2.45, 2.75) is 6.92 Å². The first-order valence-corrected chi connectivity index (χ1v) is 13.5. The Balaban J connectivity index is 1.31. The summed E-state index contributed by atoms with van der Waals surface area (Å²) in [5.41, 5.74) is 6.29. The second kappa shape index (κ2) is 9.38. The zero-order valence-electron chi connectivity index (χ0n) is 21.1. The highest BCUT2D eigenvalue weighted by molar-refractivity contribution is 7.13. The van der Waals surface area contributed by atoms with E-state index in [9.17, 15) is 4.79 Å². The van der Waals surface area contributed by atoms with Crippen LogP contribution in [0, 0.1) is 6.92 Å². The van der Waals surface area contributed by atoms with Gasteiger partial charge in [-0.15, -0.1) is 11.3 Å². The zero-order valence-corrected chi connectivity index (χ0v) is 21.9. The molecule has 0 aliphatic rings. The van der Waals surface area contributed by atoms with Crippen LogP contribution in [0.5, 0.6) is 0 Å². The number of carbonyl (C=O) groups excluding carboxylic acids is 1. The number of anilines is 1. The lowest BCUT2D eigenvalue weighted by Gasteiger charge is -2.08. The lowest BCUT2D eigenvalue weighted by Crippen LogP contribution is -2.08. The summed E-state index contributed by atoms with van der Waals surface area (Å²) in [6, 6.07) is 30.1. The molecule has 0 aliphatic heterocycles. The van der Waals surface area contributed by atoms with Gasteiger partial charge in [-0.05, 0) is 48.7 Å². The van der Waals surface area contributed by atoms with Crippen LogP contribution in [0.4, 0.5) is 5.69 Å². The van der Waals surface area contributed by atoms with E-state index >= 15 is 0 Å². The number of thiophene rings is 1. The Hall–Kier alpha value is -5.01. The van der Waals surface area contributed by atoms with Crippen molar-refractivity contribution >= 4 is 56.3 Å². The number of carbonyl (C=O) groups is 1. The van der Waals surface area contributed by atoms with Crippen molar-refractivity contribution in [1.82, 2.24) is 19.2 Å². The van der Waals surface area contributed by atoms with Crippen LogP contribution in [0.25, 0.3) is 49.7 Å². The van der Waals surface area contributed by atoms with Gasteiger partial charge in [0, 0.05) is 28.6 Å². The van der Waals surface area contributed by atoms with Crippen LogP contribution in [0.15, 0.2) is 109 Å². The van der Waals surface area contributed by atoms with Gasteiger partial charge in [0.15, 0.2) is 0 Å². The molecule has 4 aromatic heterocycles. The summed E-state index contributed by atoms with van der Waals surface area (Å²) < 4.78 is 3.97. The van der Waals surface area contributed by atoms with Gasteiger partial charge in [-0.2, -0.15) is 5.10 Å². The topological polar surface area (TPSA) is 64.2 Å². The van der Waals surface area contributed by atoms with Crippen molar-refractivity contribution in [1.29, 1.82) is 0 Å². The van der Waals surface area contributed by atoms with E-state index < -0.39 is 0 Å². The van der Waals surface area contributed by atoms with E-state index in [1.54, 1.807) is 17.4 Å². The van der Waals surface area contributed by atoms with Gasteiger partial charge >= 0.3 is 0 Å². The maximum absolute atomic E-state index is 13.4. The van der Waals surface area contributed by atoms with E-state index in [1.807, 2.05) is 114 Å². The molecule has 0 fully saturated rings. The number of rotatable bonds is 5. The summed E-state index contributed by atoms with van der Waals surface area (Å²) in [7, 11) is 0. The number of hydrogen-bond acceptors (Lipinski definition) is 4. The molecule has 39 heavy (non-hydrogen) atoms. The number of benzene rings is 3. The number of hydrogen-bond donors (Lipinski definition) is 1. The van der Waals surface area contributed by atoms with Crippen LogP contribution < -0.4 is 5.32 Å². The Morgan fingerprint density at radius 2 is 1.67 bits per heavy atom. The molecule has 6 nitrogen and oxygen atoms in total. The molecule has 3 aromatic carbocycles. The first kappa shape index (κ1) is 23.1. The summed E-state index contributed by atoms with van der Waals surface area (Å²) in [6.07, 6.45) is 5.38. The highest BCUT2D eigenvalue weighted by Crippen LogP contribution is 2.36. The number of aryl methyl sites for hydroxylation is 1. The second-order valence-corrected chi connectivity index (χ2v) is 10.2. The van der Waals surface area contributed by atoms with Gasteiger partial charge in [0.05, 0.1) is 32.8 Å². The molecular weight excluding hydrogens is 502 g/mol. The van der Waals surface area contributed by atoms with Crippen molar-refractivity contribution < 1.29 is 4.79 Å². The van der Waals surface area contributed by atoms with Crippen LogP contribution >= 0.6 is 11.3 Å². The van der Waals surface area contributed by atoms with Crippen molar-refractivity contribution in [3.63, 3.8) is 0 Å². The lowest BCUT2D eigenvalue weighted by molar-refractivity contribution is -0.111. The van der Waals surface area contributed by atoms with E-state index in [0.717, 1.165) is 60.7 Å². The summed E-state index contributed by atoms with van der Waals surface area (Å²) in [5.74, 6) is 0.654. The molecule has 0 aliphatic carbocycles. The van der Waals surface area contributed by atoms with Crippen molar-refractivity contribution in [3.05, 3.63) is 120 Å². The van der Waals surface area contributed by atoms with E-state index in [4.69, 9.17) is 10.1 Å². The van der Waals surface area contributed by atoms with E-state index in [0.29, 0.717) is 0 Å². The molecule has 7 aromatic rings. The molecule has 0 radical (unpaired) electrons. The number of nitrogens with one attached hydrogen (secondary N) is 1. The Morgan fingerprint density at radius 1 is 0.897 bits per heavy atom. The van der Waals surface area contributed by atoms with Crippen LogP contribution in [0.2, 0.25) is 0 Å². The fourth-order valence-electron chi connectivity index (χ4n) is 5.11. The minimum atomic E-state index is -0.212. The predicted molar refractivity (Wildman–Crippen MR) is 159 cm³/mol. The van der Waals surface area contributed by atoms with Crippen LogP contribution in [-0.2, 0) is 4.79 Å². The van der Waals surface area contributed by atoms with Gasteiger partial charge in [-0.25, -0.2) is 9.67 Å². The Bertz CT molecular complexity index is 2020.